The van der Waals surface area contributed by atoms with E-state index in [1.54, 1.807) is 36.4 Å². The summed E-state index contributed by atoms with van der Waals surface area (Å²) in [7, 11) is -3.42. The van der Waals surface area contributed by atoms with Crippen LogP contribution in [-0.2, 0) is 10.0 Å². The maximum atomic E-state index is 12.2. The van der Waals surface area contributed by atoms with Crippen molar-refractivity contribution in [2.75, 3.05) is 6.26 Å². The molecule has 1 unspecified atom stereocenters. The molecule has 20 heavy (non-hydrogen) atoms. The van der Waals surface area contributed by atoms with E-state index >= 15 is 0 Å². The van der Waals surface area contributed by atoms with Crippen LogP contribution in [0.25, 0.3) is 0 Å². The van der Waals surface area contributed by atoms with Crippen molar-refractivity contribution in [1.82, 2.24) is 4.72 Å². The highest BCUT2D eigenvalue weighted by atomic mass is 35.5. The van der Waals surface area contributed by atoms with Gasteiger partial charge in [-0.1, -0.05) is 54.1 Å². The van der Waals surface area contributed by atoms with Crippen molar-refractivity contribution in [2.45, 2.75) is 11.4 Å². The lowest BCUT2D eigenvalue weighted by Gasteiger charge is -2.25. The molecule has 1 aromatic carbocycles. The van der Waals surface area contributed by atoms with Crippen LogP contribution in [0.5, 0.6) is 0 Å². The van der Waals surface area contributed by atoms with Gasteiger partial charge >= 0.3 is 0 Å². The molecule has 0 fully saturated rings. The number of nitrogens with one attached hydrogen (secondary N) is 1. The number of Topliss-reactive ketones (excluding diaryl/α,β-unsaturated/α-hetero) is 1. The fourth-order valence-electron chi connectivity index (χ4n) is 1.92. The third-order valence-corrected chi connectivity index (χ3v) is 4.02. The summed E-state index contributed by atoms with van der Waals surface area (Å²) in [6.45, 7) is 0. The summed E-state index contributed by atoms with van der Waals surface area (Å²) >= 11 is 6.14. The zero-order valence-corrected chi connectivity index (χ0v) is 12.4. The van der Waals surface area contributed by atoms with Gasteiger partial charge in [0, 0.05) is 17.6 Å². The van der Waals surface area contributed by atoms with E-state index in [0.717, 1.165) is 6.26 Å². The molecule has 0 radical (unpaired) electrons. The molecular weight excluding hydrogens is 298 g/mol. The van der Waals surface area contributed by atoms with E-state index < -0.39 is 15.0 Å². The lowest BCUT2D eigenvalue weighted by Crippen LogP contribution is -2.42. The van der Waals surface area contributed by atoms with E-state index in [9.17, 15) is 13.2 Å². The van der Waals surface area contributed by atoms with Crippen LogP contribution < -0.4 is 4.72 Å². The molecule has 0 spiro atoms. The predicted molar refractivity (Wildman–Crippen MR) is 79.2 cm³/mol. The average Bonchev–Trinajstić information content (AvgIpc) is 2.37. The van der Waals surface area contributed by atoms with Gasteiger partial charge in [-0.2, -0.15) is 4.72 Å². The van der Waals surface area contributed by atoms with Gasteiger partial charge in [0.05, 0.1) is 6.26 Å². The van der Waals surface area contributed by atoms with Crippen LogP contribution in [0.15, 0.2) is 54.1 Å². The average molecular weight is 312 g/mol. The second kappa shape index (κ2) is 5.52. The molecule has 0 amide bonds. The Balaban J connectivity index is 2.15. The standard InChI is InChI=1S/C14H14ClNO3S/c1-20(18,19)16-14(15)9-7-12(8-10-14)13(17)11-5-3-2-4-6-11/h2-9,16H,10H2,1H3. The lowest BCUT2D eigenvalue weighted by molar-refractivity contribution is 0.103. The summed E-state index contributed by atoms with van der Waals surface area (Å²) in [4.78, 5) is 11.0. The first-order valence-corrected chi connectivity index (χ1v) is 8.23. The highest BCUT2D eigenvalue weighted by Crippen LogP contribution is 2.27. The number of carbonyl (C=O) groups excluding carboxylic acids is 1. The number of ketones is 1. The van der Waals surface area contributed by atoms with Crippen molar-refractivity contribution >= 4 is 27.4 Å². The Labute approximate surface area is 123 Å². The molecular formula is C14H14ClNO3S. The Morgan fingerprint density at radius 2 is 1.95 bits per heavy atom. The van der Waals surface area contributed by atoms with Crippen LogP contribution in [0.2, 0.25) is 0 Å². The molecule has 1 aliphatic rings. The minimum atomic E-state index is -3.42. The number of sulfonamides is 1. The molecule has 0 heterocycles. The monoisotopic (exact) mass is 311 g/mol. The fourth-order valence-corrected chi connectivity index (χ4v) is 3.25. The van der Waals surface area contributed by atoms with Crippen molar-refractivity contribution in [3.63, 3.8) is 0 Å². The smallest absolute Gasteiger partial charge is 0.210 e. The van der Waals surface area contributed by atoms with E-state index in [4.69, 9.17) is 11.6 Å². The molecule has 106 valence electrons. The lowest BCUT2D eigenvalue weighted by atomic mass is 9.96. The van der Waals surface area contributed by atoms with Crippen molar-refractivity contribution in [3.05, 3.63) is 59.7 Å². The fraction of sp³-hybridized carbons (Fsp3) is 0.214. The Hall–Kier alpha value is -1.43. The van der Waals surface area contributed by atoms with E-state index in [2.05, 4.69) is 4.72 Å². The topological polar surface area (TPSA) is 63.2 Å². The molecule has 0 aromatic heterocycles. The number of benzene rings is 1. The van der Waals surface area contributed by atoms with Gasteiger partial charge in [-0.25, -0.2) is 8.42 Å². The Morgan fingerprint density at radius 3 is 2.45 bits per heavy atom. The Bertz CT molecular complexity index is 680. The molecule has 0 saturated carbocycles. The summed E-state index contributed by atoms with van der Waals surface area (Å²) in [6, 6.07) is 8.87. The van der Waals surface area contributed by atoms with Crippen LogP contribution in [0.4, 0.5) is 0 Å². The van der Waals surface area contributed by atoms with Gasteiger partial charge in [0.2, 0.25) is 10.0 Å². The quantitative estimate of drug-likeness (QED) is 0.527. The largest absolute Gasteiger partial charge is 0.289 e. The number of carbonyl (C=O) groups is 1. The van der Waals surface area contributed by atoms with Crippen LogP contribution in [-0.4, -0.2) is 25.5 Å². The second-order valence-corrected chi connectivity index (χ2v) is 7.05. The summed E-state index contributed by atoms with van der Waals surface area (Å²) < 4.78 is 24.8. The van der Waals surface area contributed by atoms with Crippen molar-refractivity contribution in [3.8, 4) is 0 Å². The third-order valence-electron chi connectivity index (χ3n) is 2.80. The van der Waals surface area contributed by atoms with Gasteiger partial charge < -0.3 is 0 Å². The van der Waals surface area contributed by atoms with E-state index in [1.165, 1.54) is 6.08 Å². The highest BCUT2D eigenvalue weighted by molar-refractivity contribution is 7.88. The molecule has 1 aromatic rings. The number of alkyl halides is 1. The first-order chi connectivity index (χ1) is 9.29. The van der Waals surface area contributed by atoms with E-state index in [-0.39, 0.29) is 12.2 Å². The van der Waals surface area contributed by atoms with Gasteiger partial charge in [-0.3, -0.25) is 4.79 Å². The zero-order valence-electron chi connectivity index (χ0n) is 10.8. The Morgan fingerprint density at radius 1 is 1.30 bits per heavy atom. The van der Waals surface area contributed by atoms with Gasteiger partial charge in [-0.05, 0) is 6.08 Å². The Kier molecular flexibility index (Phi) is 4.13. The van der Waals surface area contributed by atoms with Crippen molar-refractivity contribution in [1.29, 1.82) is 0 Å². The number of allylic oxidation sites excluding steroid dienone is 2. The summed E-state index contributed by atoms with van der Waals surface area (Å²) in [6.07, 6.45) is 5.93. The molecule has 0 saturated heterocycles. The number of halogens is 1. The van der Waals surface area contributed by atoms with Crippen LogP contribution >= 0.6 is 11.6 Å². The first-order valence-electron chi connectivity index (χ1n) is 5.96. The third kappa shape index (κ3) is 3.79. The van der Waals surface area contributed by atoms with Gasteiger partial charge in [0.25, 0.3) is 0 Å². The predicted octanol–water partition coefficient (Wildman–Crippen LogP) is 2.24. The van der Waals surface area contributed by atoms with E-state index in [1.807, 2.05) is 6.07 Å². The van der Waals surface area contributed by atoms with Gasteiger partial charge in [0.1, 0.15) is 5.00 Å². The minimum absolute atomic E-state index is 0.111. The highest BCUT2D eigenvalue weighted by Gasteiger charge is 2.29. The molecule has 6 heteroatoms. The van der Waals surface area contributed by atoms with E-state index in [0.29, 0.717) is 11.1 Å². The minimum Gasteiger partial charge on any atom is -0.289 e. The maximum Gasteiger partial charge on any atom is 0.210 e. The summed E-state index contributed by atoms with van der Waals surface area (Å²) in [5.41, 5.74) is 1.09. The van der Waals surface area contributed by atoms with Gasteiger partial charge in [0.15, 0.2) is 5.78 Å². The van der Waals surface area contributed by atoms with Crippen molar-refractivity contribution in [2.24, 2.45) is 0 Å². The maximum absolute atomic E-state index is 12.2. The molecule has 0 bridgehead atoms. The number of hydrogen-bond acceptors (Lipinski definition) is 3. The number of hydrogen-bond donors (Lipinski definition) is 1. The van der Waals surface area contributed by atoms with Crippen LogP contribution in [0.3, 0.4) is 0 Å². The molecule has 2 rings (SSSR count). The number of rotatable bonds is 4. The summed E-state index contributed by atoms with van der Waals surface area (Å²) in [5.74, 6) is -0.111. The normalized spacial score (nSPS) is 22.4. The van der Waals surface area contributed by atoms with Crippen LogP contribution in [0, 0.1) is 0 Å². The van der Waals surface area contributed by atoms with Crippen molar-refractivity contribution < 1.29 is 13.2 Å². The second-order valence-electron chi connectivity index (χ2n) is 4.63. The van der Waals surface area contributed by atoms with Crippen LogP contribution in [0.1, 0.15) is 16.8 Å². The first kappa shape index (κ1) is 15.0. The molecule has 4 nitrogen and oxygen atoms in total. The molecule has 1 atom stereocenters. The molecule has 0 aliphatic heterocycles. The zero-order chi connectivity index (χ0) is 14.8. The summed E-state index contributed by atoms with van der Waals surface area (Å²) in [5, 5.41) is 0. The SMILES string of the molecule is CS(=O)(=O)NC1(Cl)C=CC(C(=O)c2ccccc2)=CC1. The molecule has 1 aliphatic carbocycles. The molecule has 1 N–H and O–H groups in total. The van der Waals surface area contributed by atoms with Gasteiger partial charge in [-0.15, -0.1) is 0 Å².